The second kappa shape index (κ2) is 9.02. The summed E-state index contributed by atoms with van der Waals surface area (Å²) in [7, 11) is 0. The van der Waals surface area contributed by atoms with Crippen molar-refractivity contribution in [3.8, 4) is 0 Å². The van der Waals surface area contributed by atoms with Crippen LogP contribution < -0.4 is 10.6 Å². The van der Waals surface area contributed by atoms with E-state index in [9.17, 15) is 28.0 Å². The van der Waals surface area contributed by atoms with Gasteiger partial charge < -0.3 is 20.6 Å². The van der Waals surface area contributed by atoms with Gasteiger partial charge in [0.2, 0.25) is 11.8 Å². The Morgan fingerprint density at radius 3 is 2.61 bits per heavy atom. The molecule has 3 rings (SSSR count). The van der Waals surface area contributed by atoms with Crippen molar-refractivity contribution in [2.75, 3.05) is 25.0 Å². The van der Waals surface area contributed by atoms with Crippen molar-refractivity contribution in [1.29, 1.82) is 0 Å². The Bertz CT molecular complexity index is 1040. The number of carboxylic acids is 1. The number of fused-ring (bicyclic) bond motifs is 1. The highest BCUT2D eigenvalue weighted by atomic mass is 19.3. The lowest BCUT2D eigenvalue weighted by Gasteiger charge is -2.16. The molecule has 3 N–H and O–H groups in total. The molecule has 0 unspecified atom stereocenters. The van der Waals surface area contributed by atoms with Gasteiger partial charge in [0.25, 0.3) is 11.8 Å². The molecule has 164 valence electrons. The number of rotatable bonds is 7. The van der Waals surface area contributed by atoms with Crippen LogP contribution in [0, 0.1) is 0 Å². The van der Waals surface area contributed by atoms with E-state index >= 15 is 0 Å². The highest BCUT2D eigenvalue weighted by molar-refractivity contribution is 6.08. The molecule has 11 heteroatoms. The van der Waals surface area contributed by atoms with Crippen molar-refractivity contribution < 1.29 is 33.1 Å². The first-order chi connectivity index (χ1) is 14.6. The van der Waals surface area contributed by atoms with Crippen molar-refractivity contribution in [2.24, 2.45) is 0 Å². The predicted octanol–water partition coefficient (Wildman–Crippen LogP) is 1.64. The highest BCUT2D eigenvalue weighted by Crippen LogP contribution is 2.26. The number of carbonyl (C=O) groups excluding carboxylic acids is 3. The van der Waals surface area contributed by atoms with Crippen molar-refractivity contribution in [1.82, 2.24) is 15.2 Å². The van der Waals surface area contributed by atoms with E-state index in [1.54, 1.807) is 12.1 Å². The molecule has 1 aromatic carbocycles. The summed E-state index contributed by atoms with van der Waals surface area (Å²) in [5, 5.41) is 14.0. The number of pyridine rings is 1. The fourth-order valence-electron chi connectivity index (χ4n) is 3.18. The molecule has 1 saturated heterocycles. The van der Waals surface area contributed by atoms with Crippen molar-refractivity contribution in [3.05, 3.63) is 36.0 Å². The topological polar surface area (TPSA) is 129 Å². The Kier molecular flexibility index (Phi) is 6.42. The molecule has 2 heterocycles. The van der Waals surface area contributed by atoms with Crippen LogP contribution in [0.1, 0.15) is 29.6 Å². The number of carboxylic acid groups (broad SMARTS) is 1. The zero-order valence-corrected chi connectivity index (χ0v) is 16.4. The molecule has 0 radical (unpaired) electrons. The van der Waals surface area contributed by atoms with Gasteiger partial charge in [0.1, 0.15) is 0 Å². The third-order valence-corrected chi connectivity index (χ3v) is 4.76. The molecule has 1 aliphatic rings. The zero-order chi connectivity index (χ0) is 22.6. The summed E-state index contributed by atoms with van der Waals surface area (Å²) in [5.41, 5.74) is 0.994. The number of halogens is 2. The summed E-state index contributed by atoms with van der Waals surface area (Å²) in [6, 6.07) is 6.09. The van der Waals surface area contributed by atoms with Crippen LogP contribution in [0.15, 0.2) is 30.5 Å². The standard InChI is InChI=1S/C20H20F2N4O5/c21-20(22)6-8-26(11-20)17(28)10-24-19(31)13-5-7-23-15-2-1-12(9-14(13)15)25-16(27)3-4-18(29)30/h1-2,5,7,9H,3-4,6,8,10-11H2,(H,24,31)(H,25,27)(H,29,30). The fraction of sp³-hybridized carbons (Fsp3) is 0.350. The zero-order valence-electron chi connectivity index (χ0n) is 16.4. The molecule has 9 nitrogen and oxygen atoms in total. The highest BCUT2D eigenvalue weighted by Gasteiger charge is 2.40. The number of aliphatic carboxylic acids is 1. The van der Waals surface area contributed by atoms with Crippen molar-refractivity contribution in [2.45, 2.75) is 25.2 Å². The minimum Gasteiger partial charge on any atom is -0.481 e. The summed E-state index contributed by atoms with van der Waals surface area (Å²) in [5.74, 6) is -5.70. The van der Waals surface area contributed by atoms with Crippen LogP contribution in [0.4, 0.5) is 14.5 Å². The summed E-state index contributed by atoms with van der Waals surface area (Å²) in [4.78, 5) is 52.3. The molecule has 1 fully saturated rings. The lowest BCUT2D eigenvalue weighted by atomic mass is 10.1. The molecular formula is C20H20F2N4O5. The third-order valence-electron chi connectivity index (χ3n) is 4.76. The second-order valence-corrected chi connectivity index (χ2v) is 7.14. The first-order valence-electron chi connectivity index (χ1n) is 9.49. The SMILES string of the molecule is O=C(O)CCC(=O)Nc1ccc2nccc(C(=O)NCC(=O)N3CCC(F)(F)C3)c2c1. The van der Waals surface area contributed by atoms with Gasteiger partial charge in [-0.3, -0.25) is 24.2 Å². The number of hydrogen-bond acceptors (Lipinski definition) is 5. The van der Waals surface area contributed by atoms with Crippen LogP contribution in [0.3, 0.4) is 0 Å². The Hall–Kier alpha value is -3.63. The third kappa shape index (κ3) is 5.71. The second-order valence-electron chi connectivity index (χ2n) is 7.14. The normalized spacial score (nSPS) is 15.0. The van der Waals surface area contributed by atoms with E-state index in [4.69, 9.17) is 5.11 Å². The Labute approximate surface area is 175 Å². The summed E-state index contributed by atoms with van der Waals surface area (Å²) >= 11 is 0. The number of alkyl halides is 2. The minimum absolute atomic E-state index is 0.0647. The van der Waals surface area contributed by atoms with E-state index in [0.29, 0.717) is 16.6 Å². The van der Waals surface area contributed by atoms with Crippen LogP contribution in [-0.2, 0) is 14.4 Å². The van der Waals surface area contributed by atoms with Crippen LogP contribution >= 0.6 is 0 Å². The number of nitrogens with one attached hydrogen (secondary N) is 2. The fourth-order valence-corrected chi connectivity index (χ4v) is 3.18. The van der Waals surface area contributed by atoms with Gasteiger partial charge in [-0.25, -0.2) is 8.78 Å². The maximum atomic E-state index is 13.3. The van der Waals surface area contributed by atoms with Crippen LogP contribution in [0.2, 0.25) is 0 Å². The van der Waals surface area contributed by atoms with Crippen LogP contribution in [0.5, 0.6) is 0 Å². The number of anilines is 1. The van der Waals surface area contributed by atoms with E-state index in [-0.39, 0.29) is 24.9 Å². The molecular weight excluding hydrogens is 414 g/mol. The lowest BCUT2D eigenvalue weighted by molar-refractivity contribution is -0.138. The Morgan fingerprint density at radius 1 is 1.16 bits per heavy atom. The van der Waals surface area contributed by atoms with E-state index in [1.807, 2.05) is 0 Å². The van der Waals surface area contributed by atoms with Crippen molar-refractivity contribution >= 4 is 40.3 Å². The van der Waals surface area contributed by atoms with E-state index < -0.39 is 49.1 Å². The first kappa shape index (κ1) is 22.1. The lowest BCUT2D eigenvalue weighted by Crippen LogP contribution is -2.40. The van der Waals surface area contributed by atoms with E-state index in [1.165, 1.54) is 18.3 Å². The molecule has 0 aliphatic carbocycles. The number of amides is 3. The van der Waals surface area contributed by atoms with Gasteiger partial charge in [0.15, 0.2) is 0 Å². The smallest absolute Gasteiger partial charge is 0.303 e. The maximum Gasteiger partial charge on any atom is 0.303 e. The number of carbonyl (C=O) groups is 4. The predicted molar refractivity (Wildman–Crippen MR) is 106 cm³/mol. The summed E-state index contributed by atoms with van der Waals surface area (Å²) in [6.07, 6.45) is 0.491. The quantitative estimate of drug-likeness (QED) is 0.608. The first-order valence-corrected chi connectivity index (χ1v) is 9.49. The number of benzene rings is 1. The molecule has 2 aromatic rings. The van der Waals surface area contributed by atoms with Gasteiger partial charge in [-0.1, -0.05) is 0 Å². The van der Waals surface area contributed by atoms with Crippen LogP contribution in [0.25, 0.3) is 10.9 Å². The Morgan fingerprint density at radius 2 is 1.94 bits per heavy atom. The van der Waals surface area contributed by atoms with Gasteiger partial charge in [0, 0.05) is 36.7 Å². The van der Waals surface area contributed by atoms with Gasteiger partial charge in [0.05, 0.1) is 30.6 Å². The number of nitrogens with zero attached hydrogens (tertiary/aromatic N) is 2. The molecule has 0 spiro atoms. The summed E-state index contributed by atoms with van der Waals surface area (Å²) < 4.78 is 26.5. The largest absolute Gasteiger partial charge is 0.481 e. The van der Waals surface area contributed by atoms with Crippen molar-refractivity contribution in [3.63, 3.8) is 0 Å². The van der Waals surface area contributed by atoms with Gasteiger partial charge >= 0.3 is 5.97 Å². The minimum atomic E-state index is -2.91. The monoisotopic (exact) mass is 434 g/mol. The molecule has 0 saturated carbocycles. The van der Waals surface area contributed by atoms with Gasteiger partial charge in [-0.15, -0.1) is 0 Å². The Balaban J connectivity index is 1.69. The number of aromatic nitrogens is 1. The summed E-state index contributed by atoms with van der Waals surface area (Å²) in [6.45, 7) is -1.15. The number of likely N-dealkylation sites (tertiary alicyclic amines) is 1. The average molecular weight is 434 g/mol. The van der Waals surface area contributed by atoms with Gasteiger partial charge in [-0.05, 0) is 24.3 Å². The number of hydrogen-bond donors (Lipinski definition) is 3. The molecule has 3 amide bonds. The average Bonchev–Trinajstić information content (AvgIpc) is 3.09. The van der Waals surface area contributed by atoms with E-state index in [0.717, 1.165) is 4.90 Å². The van der Waals surface area contributed by atoms with Crippen LogP contribution in [-0.4, -0.2) is 64.2 Å². The molecule has 0 bridgehead atoms. The molecule has 1 aliphatic heterocycles. The molecule has 1 aromatic heterocycles. The van der Waals surface area contributed by atoms with Gasteiger partial charge in [-0.2, -0.15) is 0 Å². The molecule has 0 atom stereocenters. The van der Waals surface area contributed by atoms with E-state index in [2.05, 4.69) is 15.6 Å². The molecule has 31 heavy (non-hydrogen) atoms. The maximum absolute atomic E-state index is 13.3.